The van der Waals surface area contributed by atoms with Gasteiger partial charge >= 0.3 is 0 Å². The van der Waals surface area contributed by atoms with Gasteiger partial charge in [0.2, 0.25) is 11.0 Å². The fraction of sp³-hybridized carbons (Fsp3) is 0.438. The summed E-state index contributed by atoms with van der Waals surface area (Å²) in [5.41, 5.74) is 3.47. The van der Waals surface area contributed by atoms with E-state index in [9.17, 15) is 4.79 Å². The number of amides is 1. The van der Waals surface area contributed by atoms with E-state index >= 15 is 0 Å². The zero-order chi connectivity index (χ0) is 16.8. The molecular weight excluding hydrogens is 328 g/mol. The van der Waals surface area contributed by atoms with Gasteiger partial charge in [-0.15, -0.1) is 10.2 Å². The number of carbonyl (C=O) groups is 1. The van der Waals surface area contributed by atoms with E-state index in [1.54, 1.807) is 0 Å². The molecule has 0 aliphatic heterocycles. The van der Waals surface area contributed by atoms with Gasteiger partial charge in [0.05, 0.1) is 5.75 Å². The fourth-order valence-electron chi connectivity index (χ4n) is 1.87. The molecule has 7 heteroatoms. The van der Waals surface area contributed by atoms with Crippen molar-refractivity contribution in [3.8, 4) is 0 Å². The van der Waals surface area contributed by atoms with E-state index in [0.29, 0.717) is 5.75 Å². The third-order valence-corrected chi connectivity index (χ3v) is 5.57. The highest BCUT2D eigenvalue weighted by Gasteiger charge is 2.10. The SMILES string of the molecule is CC[C@@H](C)NC(=O)CSc1nnc(Nc2cccc(C)c2C)s1. The van der Waals surface area contributed by atoms with Gasteiger partial charge in [-0.2, -0.15) is 0 Å². The number of carbonyl (C=O) groups excluding carboxylic acids is 1. The van der Waals surface area contributed by atoms with Crippen LogP contribution < -0.4 is 10.6 Å². The molecule has 2 rings (SSSR count). The van der Waals surface area contributed by atoms with Gasteiger partial charge in [0.15, 0.2) is 4.34 Å². The van der Waals surface area contributed by atoms with Crippen molar-refractivity contribution in [3.63, 3.8) is 0 Å². The lowest BCUT2D eigenvalue weighted by Crippen LogP contribution is -2.33. The Morgan fingerprint density at radius 2 is 2.13 bits per heavy atom. The number of nitrogens with one attached hydrogen (secondary N) is 2. The summed E-state index contributed by atoms with van der Waals surface area (Å²) in [5, 5.41) is 15.2. The van der Waals surface area contributed by atoms with Gasteiger partial charge in [0.1, 0.15) is 0 Å². The Kier molecular flexibility index (Phi) is 6.41. The molecule has 1 atom stereocenters. The van der Waals surface area contributed by atoms with Crippen LogP contribution in [-0.4, -0.2) is 27.9 Å². The number of rotatable bonds is 7. The minimum atomic E-state index is 0.0311. The van der Waals surface area contributed by atoms with Crippen molar-refractivity contribution < 1.29 is 4.79 Å². The molecule has 23 heavy (non-hydrogen) atoms. The van der Waals surface area contributed by atoms with Crippen molar-refractivity contribution in [2.75, 3.05) is 11.1 Å². The average molecular weight is 351 g/mol. The van der Waals surface area contributed by atoms with Crippen LogP contribution in [0.1, 0.15) is 31.4 Å². The van der Waals surface area contributed by atoms with Gasteiger partial charge in [-0.05, 0) is 44.4 Å². The van der Waals surface area contributed by atoms with Crippen molar-refractivity contribution in [2.45, 2.75) is 44.5 Å². The molecule has 1 amide bonds. The number of aryl methyl sites for hydroxylation is 1. The van der Waals surface area contributed by atoms with Crippen LogP contribution in [0.15, 0.2) is 22.5 Å². The van der Waals surface area contributed by atoms with Crippen LogP contribution in [0.25, 0.3) is 0 Å². The van der Waals surface area contributed by atoms with E-state index in [4.69, 9.17) is 0 Å². The first-order valence-corrected chi connectivity index (χ1v) is 9.38. The first-order chi connectivity index (χ1) is 11.0. The van der Waals surface area contributed by atoms with Gasteiger partial charge in [-0.3, -0.25) is 4.79 Å². The molecule has 0 aliphatic rings. The predicted molar refractivity (Wildman–Crippen MR) is 97.7 cm³/mol. The molecule has 2 aromatic rings. The molecule has 1 heterocycles. The average Bonchev–Trinajstić information content (AvgIpc) is 2.97. The van der Waals surface area contributed by atoms with E-state index in [2.05, 4.69) is 40.7 Å². The molecule has 1 aromatic heterocycles. The van der Waals surface area contributed by atoms with Crippen LogP contribution in [0.2, 0.25) is 0 Å². The minimum absolute atomic E-state index is 0.0311. The number of benzene rings is 1. The molecular formula is C16H22N4OS2. The molecule has 124 valence electrons. The van der Waals surface area contributed by atoms with Gasteiger partial charge < -0.3 is 10.6 Å². The maximum absolute atomic E-state index is 11.8. The van der Waals surface area contributed by atoms with Crippen LogP contribution in [0.4, 0.5) is 10.8 Å². The Bertz CT molecular complexity index is 672. The molecule has 0 bridgehead atoms. The Labute approximate surface area is 145 Å². The largest absolute Gasteiger partial charge is 0.353 e. The van der Waals surface area contributed by atoms with Crippen LogP contribution >= 0.6 is 23.1 Å². The molecule has 0 unspecified atom stereocenters. The van der Waals surface area contributed by atoms with Crippen LogP contribution in [0.3, 0.4) is 0 Å². The molecule has 2 N–H and O–H groups in total. The van der Waals surface area contributed by atoms with Crippen molar-refractivity contribution >= 4 is 39.8 Å². The zero-order valence-electron chi connectivity index (χ0n) is 13.8. The number of nitrogens with zero attached hydrogens (tertiary/aromatic N) is 2. The van der Waals surface area contributed by atoms with Crippen LogP contribution in [-0.2, 0) is 4.79 Å². The summed E-state index contributed by atoms with van der Waals surface area (Å²) in [7, 11) is 0. The van der Waals surface area contributed by atoms with Crippen LogP contribution in [0, 0.1) is 13.8 Å². The van der Waals surface area contributed by atoms with Gasteiger partial charge in [0, 0.05) is 11.7 Å². The molecule has 1 aromatic carbocycles. The predicted octanol–water partition coefficient (Wildman–Crippen LogP) is 3.91. The summed E-state index contributed by atoms with van der Waals surface area (Å²) in [5.74, 6) is 0.395. The summed E-state index contributed by atoms with van der Waals surface area (Å²) < 4.78 is 0.789. The second-order valence-corrected chi connectivity index (χ2v) is 7.61. The van der Waals surface area contributed by atoms with Gasteiger partial charge in [0.25, 0.3) is 0 Å². The Morgan fingerprint density at radius 1 is 1.35 bits per heavy atom. The Morgan fingerprint density at radius 3 is 2.87 bits per heavy atom. The van der Waals surface area contributed by atoms with Gasteiger partial charge in [-0.25, -0.2) is 0 Å². The third kappa shape index (κ3) is 5.21. The van der Waals surface area contributed by atoms with Gasteiger partial charge in [-0.1, -0.05) is 42.2 Å². The Balaban J connectivity index is 1.91. The summed E-state index contributed by atoms with van der Waals surface area (Å²) in [6, 6.07) is 6.33. The van der Waals surface area contributed by atoms with Crippen molar-refractivity contribution in [1.29, 1.82) is 0 Å². The lowest BCUT2D eigenvalue weighted by atomic mass is 10.1. The monoisotopic (exact) mass is 350 g/mol. The molecule has 0 saturated heterocycles. The van der Waals surface area contributed by atoms with Crippen LogP contribution in [0.5, 0.6) is 0 Å². The quantitative estimate of drug-likeness (QED) is 0.741. The topological polar surface area (TPSA) is 66.9 Å². The standard InChI is InChI=1S/C16H22N4OS2/c1-5-11(3)17-14(21)9-22-16-20-19-15(23-16)18-13-8-6-7-10(2)12(13)4/h6-8,11H,5,9H2,1-4H3,(H,17,21)(H,18,19)/t11-/m1/s1. The lowest BCUT2D eigenvalue weighted by Gasteiger charge is -2.10. The first kappa shape index (κ1) is 17.7. The lowest BCUT2D eigenvalue weighted by molar-refractivity contribution is -0.119. The molecule has 5 nitrogen and oxygen atoms in total. The van der Waals surface area contributed by atoms with E-state index in [-0.39, 0.29) is 11.9 Å². The summed E-state index contributed by atoms with van der Waals surface area (Å²) in [4.78, 5) is 11.8. The van der Waals surface area contributed by atoms with E-state index in [1.165, 1.54) is 34.2 Å². The highest BCUT2D eigenvalue weighted by Crippen LogP contribution is 2.29. The number of hydrogen-bond acceptors (Lipinski definition) is 6. The highest BCUT2D eigenvalue weighted by molar-refractivity contribution is 8.01. The molecule has 0 radical (unpaired) electrons. The van der Waals surface area contributed by atoms with E-state index < -0.39 is 0 Å². The van der Waals surface area contributed by atoms with Crippen molar-refractivity contribution in [1.82, 2.24) is 15.5 Å². The maximum atomic E-state index is 11.8. The number of anilines is 2. The molecule has 0 aliphatic carbocycles. The smallest absolute Gasteiger partial charge is 0.230 e. The molecule has 0 fully saturated rings. The molecule has 0 spiro atoms. The van der Waals surface area contributed by atoms with Crippen molar-refractivity contribution in [3.05, 3.63) is 29.3 Å². The second-order valence-electron chi connectivity index (χ2n) is 5.41. The highest BCUT2D eigenvalue weighted by atomic mass is 32.2. The van der Waals surface area contributed by atoms with Crippen molar-refractivity contribution in [2.24, 2.45) is 0 Å². The maximum Gasteiger partial charge on any atom is 0.230 e. The van der Waals surface area contributed by atoms with E-state index in [1.807, 2.05) is 26.0 Å². The third-order valence-electron chi connectivity index (χ3n) is 3.60. The van der Waals surface area contributed by atoms with E-state index in [0.717, 1.165) is 21.6 Å². The normalized spacial score (nSPS) is 12.0. The Hall–Kier alpha value is -1.60. The number of aromatic nitrogens is 2. The first-order valence-electron chi connectivity index (χ1n) is 7.58. The number of thioether (sulfide) groups is 1. The fourth-order valence-corrected chi connectivity index (χ4v) is 3.44. The zero-order valence-corrected chi connectivity index (χ0v) is 15.5. The summed E-state index contributed by atoms with van der Waals surface area (Å²) in [6.07, 6.45) is 0.930. The second kappa shape index (κ2) is 8.31. The summed E-state index contributed by atoms with van der Waals surface area (Å²) >= 11 is 2.87. The summed E-state index contributed by atoms with van der Waals surface area (Å²) in [6.45, 7) is 8.21. The minimum Gasteiger partial charge on any atom is -0.353 e. The molecule has 0 saturated carbocycles. The number of hydrogen-bond donors (Lipinski definition) is 2.